The first-order chi connectivity index (χ1) is 13.7. The van der Waals surface area contributed by atoms with E-state index >= 15 is 0 Å². The largest absolute Gasteiger partial charge is 0.417 e. The first-order valence-electron chi connectivity index (χ1n) is 8.49. The number of imidazole rings is 1. The molecule has 0 unspecified atom stereocenters. The number of pyridine rings is 2. The molecule has 30 heavy (non-hydrogen) atoms. The van der Waals surface area contributed by atoms with Crippen molar-refractivity contribution in [3.05, 3.63) is 57.3 Å². The Balaban J connectivity index is 2.01. The molecule has 3 rings (SSSR count). The van der Waals surface area contributed by atoms with E-state index in [-0.39, 0.29) is 21.3 Å². The van der Waals surface area contributed by atoms with Gasteiger partial charge in [-0.1, -0.05) is 11.6 Å². The Morgan fingerprint density at radius 1 is 1.07 bits per heavy atom. The van der Waals surface area contributed by atoms with Gasteiger partial charge < -0.3 is 4.40 Å². The van der Waals surface area contributed by atoms with Gasteiger partial charge in [0.2, 0.25) is 0 Å². The summed E-state index contributed by atoms with van der Waals surface area (Å²) in [4.78, 5) is 20.4. The van der Waals surface area contributed by atoms with Gasteiger partial charge >= 0.3 is 6.18 Å². The fourth-order valence-electron chi connectivity index (χ4n) is 3.04. The van der Waals surface area contributed by atoms with Crippen LogP contribution in [-0.2, 0) is 16.2 Å². The number of rotatable bonds is 3. The minimum atomic E-state index is -4.65. The second-order valence-electron chi connectivity index (χ2n) is 6.73. The van der Waals surface area contributed by atoms with Crippen LogP contribution in [0.4, 0.5) is 13.2 Å². The van der Waals surface area contributed by atoms with Crippen LogP contribution in [0.3, 0.4) is 0 Å². The van der Waals surface area contributed by atoms with E-state index in [0.717, 1.165) is 10.6 Å². The lowest BCUT2D eigenvalue weighted by Gasteiger charge is -2.14. The summed E-state index contributed by atoms with van der Waals surface area (Å²) in [5.41, 5.74) is 0.402. The summed E-state index contributed by atoms with van der Waals surface area (Å²) in [7, 11) is -4.31. The van der Waals surface area contributed by atoms with Crippen LogP contribution >= 0.6 is 11.6 Å². The number of fused-ring (bicyclic) bond motifs is 1. The normalized spacial score (nSPS) is 12.4. The topological polar surface area (TPSA) is 93.4 Å². The van der Waals surface area contributed by atoms with Crippen molar-refractivity contribution in [3.8, 4) is 0 Å². The number of hydrogen-bond donors (Lipinski definition) is 1. The van der Waals surface area contributed by atoms with Crippen LogP contribution in [0.1, 0.15) is 38.6 Å². The molecule has 160 valence electrons. The molecule has 0 saturated carbocycles. The molecule has 0 atom stereocenters. The number of alkyl halides is 3. The van der Waals surface area contributed by atoms with Gasteiger partial charge in [0.15, 0.2) is 5.65 Å². The summed E-state index contributed by atoms with van der Waals surface area (Å²) in [6, 6.07) is 0.676. The zero-order chi connectivity index (χ0) is 22.6. The van der Waals surface area contributed by atoms with Gasteiger partial charge in [0, 0.05) is 18.1 Å². The third-order valence-electron chi connectivity index (χ3n) is 4.67. The fraction of sp³-hybridized carbons (Fsp3) is 0.278. The van der Waals surface area contributed by atoms with E-state index in [9.17, 15) is 26.4 Å². The molecule has 0 aromatic carbocycles. The van der Waals surface area contributed by atoms with Crippen LogP contribution in [0.2, 0.25) is 5.02 Å². The van der Waals surface area contributed by atoms with E-state index in [2.05, 4.69) is 9.97 Å². The molecule has 0 aliphatic carbocycles. The number of nitrogens with one attached hydrogen (secondary N) is 1. The molecule has 0 aliphatic heterocycles. The average Bonchev–Trinajstić information content (AvgIpc) is 3.03. The predicted octanol–water partition coefficient (Wildman–Crippen LogP) is 3.75. The number of hydrogen-bond acceptors (Lipinski definition) is 5. The van der Waals surface area contributed by atoms with Crippen molar-refractivity contribution in [2.45, 2.75) is 38.8 Å². The maximum atomic E-state index is 13.0. The number of nitrogens with zero attached hydrogens (tertiary/aromatic N) is 3. The monoisotopic (exact) mass is 460 g/mol. The van der Waals surface area contributed by atoms with Crippen molar-refractivity contribution in [1.82, 2.24) is 19.1 Å². The molecule has 3 heterocycles. The van der Waals surface area contributed by atoms with Crippen LogP contribution in [0.5, 0.6) is 0 Å². The SMILES string of the molecule is Cc1nc(C)c(S(=O)(=O)NC(=O)c2cn3cc(C(F)(F)F)cc(Cl)c3n2)c(C)c1C. The van der Waals surface area contributed by atoms with Gasteiger partial charge in [-0.25, -0.2) is 18.1 Å². The molecule has 0 bridgehead atoms. The molecule has 0 radical (unpaired) electrons. The third-order valence-corrected chi connectivity index (χ3v) is 6.54. The Labute approximate surface area is 175 Å². The molecule has 3 aromatic rings. The minimum absolute atomic E-state index is 0.118. The highest BCUT2D eigenvalue weighted by Gasteiger charge is 2.32. The Bertz CT molecular complexity index is 1300. The maximum absolute atomic E-state index is 13.0. The zero-order valence-electron chi connectivity index (χ0n) is 16.2. The van der Waals surface area contributed by atoms with Gasteiger partial charge in [0.05, 0.1) is 16.3 Å². The minimum Gasteiger partial charge on any atom is -0.304 e. The van der Waals surface area contributed by atoms with Crippen molar-refractivity contribution >= 4 is 33.2 Å². The van der Waals surface area contributed by atoms with Crippen molar-refractivity contribution < 1.29 is 26.4 Å². The molecule has 3 aromatic heterocycles. The summed E-state index contributed by atoms with van der Waals surface area (Å²) in [5.74, 6) is -1.11. The Kier molecular flexibility index (Phi) is 5.32. The second-order valence-corrected chi connectivity index (χ2v) is 8.75. The smallest absolute Gasteiger partial charge is 0.304 e. The molecule has 0 fully saturated rings. The lowest BCUT2D eigenvalue weighted by atomic mass is 10.1. The maximum Gasteiger partial charge on any atom is 0.417 e. The van der Waals surface area contributed by atoms with Gasteiger partial charge in [-0.2, -0.15) is 13.2 Å². The van der Waals surface area contributed by atoms with Gasteiger partial charge in [-0.05, 0) is 44.9 Å². The summed E-state index contributed by atoms with van der Waals surface area (Å²) < 4.78 is 67.3. The van der Waals surface area contributed by atoms with Gasteiger partial charge in [0.1, 0.15) is 10.6 Å². The summed E-state index contributed by atoms with van der Waals surface area (Å²) in [6.45, 7) is 6.54. The molecule has 7 nitrogen and oxygen atoms in total. The summed E-state index contributed by atoms with van der Waals surface area (Å²) in [5, 5.41) is -0.336. The number of carbonyl (C=O) groups excluding carboxylic acids is 1. The summed E-state index contributed by atoms with van der Waals surface area (Å²) >= 11 is 5.85. The number of sulfonamides is 1. The van der Waals surface area contributed by atoms with E-state index in [1.165, 1.54) is 6.92 Å². The van der Waals surface area contributed by atoms with Crippen molar-refractivity contribution in [1.29, 1.82) is 0 Å². The van der Waals surface area contributed by atoms with E-state index in [1.807, 2.05) is 4.72 Å². The second kappa shape index (κ2) is 7.24. The third kappa shape index (κ3) is 3.86. The van der Waals surface area contributed by atoms with Gasteiger partial charge in [0.25, 0.3) is 15.9 Å². The highest BCUT2D eigenvalue weighted by molar-refractivity contribution is 7.90. The fourth-order valence-corrected chi connectivity index (χ4v) is 4.74. The predicted molar refractivity (Wildman–Crippen MR) is 103 cm³/mol. The Morgan fingerprint density at radius 3 is 2.30 bits per heavy atom. The molecule has 0 spiro atoms. The average molecular weight is 461 g/mol. The van der Waals surface area contributed by atoms with E-state index < -0.39 is 33.4 Å². The van der Waals surface area contributed by atoms with Gasteiger partial charge in [-0.15, -0.1) is 0 Å². The number of aromatic nitrogens is 3. The molecular formula is C18H16ClF3N4O3S. The van der Waals surface area contributed by atoms with Crippen molar-refractivity contribution in [3.63, 3.8) is 0 Å². The molecule has 0 saturated heterocycles. The Morgan fingerprint density at radius 2 is 1.70 bits per heavy atom. The van der Waals surface area contributed by atoms with Gasteiger partial charge in [-0.3, -0.25) is 9.78 Å². The van der Waals surface area contributed by atoms with Crippen LogP contribution in [0.15, 0.2) is 23.4 Å². The number of amides is 1. The highest BCUT2D eigenvalue weighted by atomic mass is 35.5. The quantitative estimate of drug-likeness (QED) is 0.642. The zero-order valence-corrected chi connectivity index (χ0v) is 17.8. The standard InChI is InChI=1S/C18H16ClF3N4O3S/c1-8-9(2)15(11(4)23-10(8)3)30(28,29)25-17(27)14-7-26-6-12(18(20,21)22)5-13(19)16(26)24-14/h5-7H,1-4H3,(H,25,27). The number of halogens is 4. The highest BCUT2D eigenvalue weighted by Crippen LogP contribution is 2.32. The summed E-state index contributed by atoms with van der Waals surface area (Å²) in [6.07, 6.45) is -2.97. The number of aryl methyl sites for hydroxylation is 2. The van der Waals surface area contributed by atoms with Crippen LogP contribution in [0.25, 0.3) is 5.65 Å². The Hall–Kier alpha value is -2.66. The molecule has 1 N–H and O–H groups in total. The first-order valence-corrected chi connectivity index (χ1v) is 10.4. The lowest BCUT2D eigenvalue weighted by molar-refractivity contribution is -0.137. The molecule has 0 aliphatic rings. The molecular weight excluding hydrogens is 445 g/mol. The first kappa shape index (κ1) is 22.0. The van der Waals surface area contributed by atoms with E-state index in [4.69, 9.17) is 11.6 Å². The number of carbonyl (C=O) groups is 1. The lowest BCUT2D eigenvalue weighted by Crippen LogP contribution is -2.32. The van der Waals surface area contributed by atoms with Crippen molar-refractivity contribution in [2.75, 3.05) is 0 Å². The van der Waals surface area contributed by atoms with E-state index in [0.29, 0.717) is 29.1 Å². The molecule has 1 amide bonds. The van der Waals surface area contributed by atoms with Crippen LogP contribution < -0.4 is 4.72 Å². The van der Waals surface area contributed by atoms with E-state index in [1.54, 1.807) is 20.8 Å². The molecule has 12 heteroatoms. The van der Waals surface area contributed by atoms with Crippen molar-refractivity contribution in [2.24, 2.45) is 0 Å². The van der Waals surface area contributed by atoms with Crippen LogP contribution in [-0.4, -0.2) is 28.7 Å². The van der Waals surface area contributed by atoms with Crippen LogP contribution in [0, 0.1) is 27.7 Å².